The molecule has 2 N–H and O–H groups in total. The van der Waals surface area contributed by atoms with Gasteiger partial charge in [0.1, 0.15) is 11.7 Å². The maximum absolute atomic E-state index is 12.4. The zero-order valence-corrected chi connectivity index (χ0v) is 14.6. The first-order valence-corrected chi connectivity index (χ1v) is 8.18. The van der Waals surface area contributed by atoms with Crippen LogP contribution in [0.1, 0.15) is 29.0 Å². The van der Waals surface area contributed by atoms with Crippen LogP contribution in [0.5, 0.6) is 0 Å². The van der Waals surface area contributed by atoms with Gasteiger partial charge in [-0.15, -0.1) is 0 Å². The molecule has 0 saturated carbocycles. The fourth-order valence-electron chi connectivity index (χ4n) is 2.41. The van der Waals surface area contributed by atoms with Gasteiger partial charge in [-0.1, -0.05) is 29.8 Å². The third-order valence-electron chi connectivity index (χ3n) is 3.80. The summed E-state index contributed by atoms with van der Waals surface area (Å²) in [7, 11) is 0. The molecule has 2 aromatic heterocycles. The van der Waals surface area contributed by atoms with Gasteiger partial charge in [-0.25, -0.2) is 9.48 Å². The fraction of sp³-hybridized carbons (Fsp3) is 0.176. The molecule has 0 radical (unpaired) electrons. The number of aromatic nitrogens is 4. The second-order valence-corrected chi connectivity index (χ2v) is 6.03. The lowest BCUT2D eigenvalue weighted by molar-refractivity contribution is -0.140. The van der Waals surface area contributed by atoms with Crippen molar-refractivity contribution in [3.05, 3.63) is 65.1 Å². The van der Waals surface area contributed by atoms with Gasteiger partial charge >= 0.3 is 5.97 Å². The van der Waals surface area contributed by atoms with E-state index in [4.69, 9.17) is 16.7 Å². The molecule has 3 rings (SSSR count). The van der Waals surface area contributed by atoms with Gasteiger partial charge in [-0.2, -0.15) is 10.2 Å². The molecule has 0 aliphatic rings. The summed E-state index contributed by atoms with van der Waals surface area (Å²) in [4.78, 5) is 23.5. The van der Waals surface area contributed by atoms with E-state index in [1.807, 2.05) is 18.2 Å². The summed E-state index contributed by atoms with van der Waals surface area (Å²) in [6, 6.07) is 9.58. The molecule has 26 heavy (non-hydrogen) atoms. The van der Waals surface area contributed by atoms with Crippen LogP contribution in [0.15, 0.2) is 48.8 Å². The summed E-state index contributed by atoms with van der Waals surface area (Å²) in [5, 5.41) is 20.6. The number of carboxylic acids is 1. The topological polar surface area (TPSA) is 102 Å². The standard InChI is InChI=1S/C17H16ClN5O3/c1-11(17(25)26)23-14(6-8-19-23)16(24)20-15-7-9-22(21-15)10-12-4-2-3-5-13(12)18/h2-9,11H,10H2,1H3,(H,25,26)(H,20,21,24). The normalized spacial score (nSPS) is 11.9. The molecular weight excluding hydrogens is 358 g/mol. The van der Waals surface area contributed by atoms with E-state index in [0.29, 0.717) is 17.4 Å². The third-order valence-corrected chi connectivity index (χ3v) is 4.17. The van der Waals surface area contributed by atoms with Crippen LogP contribution in [0.2, 0.25) is 5.02 Å². The van der Waals surface area contributed by atoms with Crippen molar-refractivity contribution in [1.29, 1.82) is 0 Å². The van der Waals surface area contributed by atoms with E-state index in [0.717, 1.165) is 10.2 Å². The Morgan fingerprint density at radius 3 is 2.77 bits per heavy atom. The van der Waals surface area contributed by atoms with Gasteiger partial charge < -0.3 is 10.4 Å². The molecule has 1 amide bonds. The van der Waals surface area contributed by atoms with E-state index in [1.165, 1.54) is 19.2 Å². The molecule has 1 unspecified atom stereocenters. The number of nitrogens with one attached hydrogen (secondary N) is 1. The highest BCUT2D eigenvalue weighted by atomic mass is 35.5. The lowest BCUT2D eigenvalue weighted by Crippen LogP contribution is -2.24. The van der Waals surface area contributed by atoms with Gasteiger partial charge in [0.2, 0.25) is 0 Å². The van der Waals surface area contributed by atoms with Crippen LogP contribution in [0.3, 0.4) is 0 Å². The number of hydrogen-bond donors (Lipinski definition) is 2. The smallest absolute Gasteiger partial charge is 0.328 e. The number of carboxylic acid groups (broad SMARTS) is 1. The van der Waals surface area contributed by atoms with Gasteiger partial charge in [0.05, 0.1) is 6.54 Å². The fourth-order valence-corrected chi connectivity index (χ4v) is 2.60. The second kappa shape index (κ2) is 7.40. The van der Waals surface area contributed by atoms with Gasteiger partial charge in [-0.05, 0) is 24.6 Å². The number of rotatable bonds is 6. The quantitative estimate of drug-likeness (QED) is 0.691. The van der Waals surface area contributed by atoms with Crippen molar-refractivity contribution in [1.82, 2.24) is 19.6 Å². The van der Waals surface area contributed by atoms with E-state index in [2.05, 4.69) is 15.5 Å². The number of hydrogen-bond acceptors (Lipinski definition) is 4. The van der Waals surface area contributed by atoms with Crippen LogP contribution in [0.25, 0.3) is 0 Å². The number of carbonyl (C=O) groups excluding carboxylic acids is 1. The van der Waals surface area contributed by atoms with Crippen molar-refractivity contribution >= 4 is 29.3 Å². The average molecular weight is 374 g/mol. The Labute approximate surface area is 154 Å². The summed E-state index contributed by atoms with van der Waals surface area (Å²) in [6.07, 6.45) is 3.10. The highest BCUT2D eigenvalue weighted by Crippen LogP contribution is 2.17. The molecule has 0 fully saturated rings. The van der Waals surface area contributed by atoms with Crippen LogP contribution in [-0.4, -0.2) is 36.5 Å². The summed E-state index contributed by atoms with van der Waals surface area (Å²) in [5.41, 5.74) is 1.05. The zero-order valence-electron chi connectivity index (χ0n) is 13.8. The van der Waals surface area contributed by atoms with Crippen LogP contribution in [0.4, 0.5) is 5.82 Å². The minimum Gasteiger partial charge on any atom is -0.480 e. The largest absolute Gasteiger partial charge is 0.480 e. The minimum atomic E-state index is -1.08. The van der Waals surface area contributed by atoms with Gasteiger partial charge in [0.15, 0.2) is 5.82 Å². The second-order valence-electron chi connectivity index (χ2n) is 5.62. The number of carbonyl (C=O) groups is 2. The SMILES string of the molecule is CC(C(=O)O)n1nccc1C(=O)Nc1ccn(Cc2ccccc2Cl)n1. The Bertz CT molecular complexity index is 949. The van der Waals surface area contributed by atoms with Gasteiger partial charge in [0, 0.05) is 23.5 Å². The van der Waals surface area contributed by atoms with Crippen LogP contribution in [-0.2, 0) is 11.3 Å². The van der Waals surface area contributed by atoms with Crippen LogP contribution >= 0.6 is 11.6 Å². The summed E-state index contributed by atoms with van der Waals surface area (Å²) in [5.74, 6) is -1.22. The summed E-state index contributed by atoms with van der Waals surface area (Å²) < 4.78 is 2.80. The molecule has 1 aromatic carbocycles. The number of aliphatic carboxylic acids is 1. The van der Waals surface area contributed by atoms with Gasteiger partial charge in [-0.3, -0.25) is 9.48 Å². The Morgan fingerprint density at radius 2 is 2.04 bits per heavy atom. The molecule has 2 heterocycles. The molecule has 3 aromatic rings. The zero-order chi connectivity index (χ0) is 18.7. The Morgan fingerprint density at radius 1 is 1.27 bits per heavy atom. The average Bonchev–Trinajstić information content (AvgIpc) is 3.25. The first-order chi connectivity index (χ1) is 12.5. The van der Waals surface area contributed by atoms with Crippen molar-refractivity contribution in [2.24, 2.45) is 0 Å². The number of benzene rings is 1. The Balaban J connectivity index is 1.72. The molecule has 1 atom stereocenters. The first-order valence-electron chi connectivity index (χ1n) is 7.80. The van der Waals surface area contributed by atoms with Crippen molar-refractivity contribution in [2.45, 2.75) is 19.5 Å². The lowest BCUT2D eigenvalue weighted by Gasteiger charge is -2.10. The molecule has 0 spiro atoms. The first kappa shape index (κ1) is 17.7. The number of anilines is 1. The summed E-state index contributed by atoms with van der Waals surface area (Å²) in [6.45, 7) is 1.91. The van der Waals surface area contributed by atoms with Crippen molar-refractivity contribution in [3.8, 4) is 0 Å². The van der Waals surface area contributed by atoms with E-state index in [1.54, 1.807) is 23.0 Å². The molecule has 134 valence electrons. The van der Waals surface area contributed by atoms with Crippen LogP contribution < -0.4 is 5.32 Å². The van der Waals surface area contributed by atoms with Crippen molar-refractivity contribution in [3.63, 3.8) is 0 Å². The number of amides is 1. The van der Waals surface area contributed by atoms with E-state index < -0.39 is 17.9 Å². The molecule has 9 heteroatoms. The molecule has 0 bridgehead atoms. The van der Waals surface area contributed by atoms with Crippen LogP contribution in [0, 0.1) is 0 Å². The maximum Gasteiger partial charge on any atom is 0.328 e. The maximum atomic E-state index is 12.4. The monoisotopic (exact) mass is 373 g/mol. The minimum absolute atomic E-state index is 0.139. The van der Waals surface area contributed by atoms with E-state index in [9.17, 15) is 9.59 Å². The molecule has 0 aliphatic carbocycles. The molecule has 8 nitrogen and oxygen atoms in total. The molecule has 0 aliphatic heterocycles. The Kier molecular flexibility index (Phi) is 5.04. The number of halogens is 1. The lowest BCUT2D eigenvalue weighted by atomic mass is 10.2. The van der Waals surface area contributed by atoms with Gasteiger partial charge in [0.25, 0.3) is 5.91 Å². The van der Waals surface area contributed by atoms with Crippen molar-refractivity contribution < 1.29 is 14.7 Å². The highest BCUT2D eigenvalue weighted by Gasteiger charge is 2.21. The Hall–Kier alpha value is -3.13. The predicted octanol–water partition coefficient (Wildman–Crippen LogP) is 2.68. The highest BCUT2D eigenvalue weighted by molar-refractivity contribution is 6.31. The molecular formula is C17H16ClN5O3. The third kappa shape index (κ3) is 3.75. The summed E-state index contributed by atoms with van der Waals surface area (Å²) >= 11 is 6.14. The van der Waals surface area contributed by atoms with E-state index in [-0.39, 0.29) is 5.69 Å². The van der Waals surface area contributed by atoms with Crippen molar-refractivity contribution in [2.75, 3.05) is 5.32 Å². The van der Waals surface area contributed by atoms with E-state index >= 15 is 0 Å². The molecule has 0 saturated heterocycles. The number of nitrogens with zero attached hydrogens (tertiary/aromatic N) is 4. The predicted molar refractivity (Wildman–Crippen MR) is 95.3 cm³/mol.